The lowest BCUT2D eigenvalue weighted by atomic mass is 10.1. The number of rotatable bonds is 4. The van der Waals surface area contributed by atoms with Gasteiger partial charge in [0.1, 0.15) is 16.9 Å². The van der Waals surface area contributed by atoms with Gasteiger partial charge in [-0.2, -0.15) is 5.10 Å². The molecule has 0 fully saturated rings. The van der Waals surface area contributed by atoms with Gasteiger partial charge in [-0.1, -0.05) is 6.07 Å². The van der Waals surface area contributed by atoms with Gasteiger partial charge in [-0.25, -0.2) is 19.0 Å². The number of amides is 1. The molecule has 1 amide bonds. The number of hydrogen-bond acceptors (Lipinski definition) is 6. The Balaban J connectivity index is 1.33. The third-order valence-electron chi connectivity index (χ3n) is 5.57. The van der Waals surface area contributed by atoms with Gasteiger partial charge in [0.25, 0.3) is 11.5 Å². The number of fused-ring (bicyclic) bond motifs is 2. The molecule has 1 aromatic carbocycles. The molecular weight excluding hydrogens is 413 g/mol. The number of aryl methyl sites for hydroxylation is 1. The van der Waals surface area contributed by atoms with Crippen molar-refractivity contribution in [3.8, 4) is 5.69 Å². The van der Waals surface area contributed by atoms with E-state index in [2.05, 4.69) is 30.3 Å². The SMILES string of the molecule is CNC(=O)c1ccc(-n2cc3c(n2)CN(Cc2ccc4nc(C)c(=O)[nH]c4c2F)C3)cn1. The second kappa shape index (κ2) is 7.65. The van der Waals surface area contributed by atoms with Crippen molar-refractivity contribution in [1.29, 1.82) is 0 Å². The van der Waals surface area contributed by atoms with E-state index in [0.717, 1.165) is 16.9 Å². The molecule has 2 N–H and O–H groups in total. The average molecular weight is 433 g/mol. The van der Waals surface area contributed by atoms with Crippen LogP contribution in [0.4, 0.5) is 4.39 Å². The number of nitrogens with zero attached hydrogens (tertiary/aromatic N) is 5. The number of carbonyl (C=O) groups excluding carboxylic acids is 1. The fraction of sp³-hybridized carbons (Fsp3) is 0.227. The van der Waals surface area contributed by atoms with Crippen LogP contribution in [0.25, 0.3) is 16.7 Å². The predicted octanol–water partition coefficient (Wildman–Crippen LogP) is 1.83. The van der Waals surface area contributed by atoms with Crippen molar-refractivity contribution in [2.45, 2.75) is 26.6 Å². The van der Waals surface area contributed by atoms with E-state index in [4.69, 9.17) is 0 Å². The van der Waals surface area contributed by atoms with Crippen molar-refractivity contribution in [2.75, 3.05) is 7.05 Å². The molecule has 32 heavy (non-hydrogen) atoms. The highest BCUT2D eigenvalue weighted by molar-refractivity contribution is 5.92. The summed E-state index contributed by atoms with van der Waals surface area (Å²) in [4.78, 5) is 36.5. The molecule has 0 radical (unpaired) electrons. The molecule has 10 heteroatoms. The molecule has 1 aliphatic rings. The number of benzene rings is 1. The molecule has 5 rings (SSSR count). The fourth-order valence-corrected chi connectivity index (χ4v) is 3.87. The Morgan fingerprint density at radius 2 is 2.09 bits per heavy atom. The molecule has 1 aliphatic heterocycles. The number of hydrogen-bond donors (Lipinski definition) is 2. The Morgan fingerprint density at radius 1 is 1.25 bits per heavy atom. The molecule has 4 heterocycles. The monoisotopic (exact) mass is 433 g/mol. The highest BCUT2D eigenvalue weighted by Gasteiger charge is 2.24. The summed E-state index contributed by atoms with van der Waals surface area (Å²) in [5, 5.41) is 7.16. The lowest BCUT2D eigenvalue weighted by molar-refractivity contribution is 0.0958. The minimum absolute atomic E-state index is 0.132. The minimum atomic E-state index is -0.455. The number of pyridine rings is 1. The molecule has 0 bridgehead atoms. The molecule has 0 spiro atoms. The van der Waals surface area contributed by atoms with E-state index in [1.807, 2.05) is 6.20 Å². The molecule has 162 valence electrons. The summed E-state index contributed by atoms with van der Waals surface area (Å²) < 4.78 is 16.7. The Morgan fingerprint density at radius 3 is 2.81 bits per heavy atom. The molecular formula is C22H20FN7O2. The summed E-state index contributed by atoms with van der Waals surface area (Å²) in [6.07, 6.45) is 3.53. The van der Waals surface area contributed by atoms with Crippen molar-refractivity contribution >= 4 is 16.9 Å². The second-order valence-electron chi connectivity index (χ2n) is 7.76. The Bertz CT molecular complexity index is 1390. The maximum absolute atomic E-state index is 15.0. The summed E-state index contributed by atoms with van der Waals surface area (Å²) in [6.45, 7) is 3.18. The van der Waals surface area contributed by atoms with Gasteiger partial charge in [0, 0.05) is 44.0 Å². The third-order valence-corrected chi connectivity index (χ3v) is 5.57. The molecule has 0 saturated heterocycles. The quantitative estimate of drug-likeness (QED) is 0.508. The zero-order chi connectivity index (χ0) is 22.4. The molecule has 0 unspecified atom stereocenters. The summed E-state index contributed by atoms with van der Waals surface area (Å²) in [7, 11) is 1.56. The Kier molecular flexibility index (Phi) is 4.78. The van der Waals surface area contributed by atoms with Gasteiger partial charge in [0.2, 0.25) is 0 Å². The van der Waals surface area contributed by atoms with Gasteiger partial charge in [0.05, 0.1) is 23.1 Å². The standard InChI is InChI=1S/C22H20FN7O2/c1-12-21(31)27-20-16(26-12)5-3-13(19(20)23)8-29-9-14-10-30(28-18(14)11-29)15-4-6-17(25-7-15)22(32)24-2/h3-7,10H,8-9,11H2,1-2H3,(H,24,32)(H,27,31). The Hall–Kier alpha value is -3.92. The van der Waals surface area contributed by atoms with E-state index >= 15 is 0 Å². The van der Waals surface area contributed by atoms with E-state index in [1.54, 1.807) is 49.1 Å². The van der Waals surface area contributed by atoms with Gasteiger partial charge >= 0.3 is 0 Å². The van der Waals surface area contributed by atoms with Crippen LogP contribution in [0.1, 0.15) is 33.0 Å². The summed E-state index contributed by atoms with van der Waals surface area (Å²) in [5.74, 6) is -0.699. The number of nitrogens with one attached hydrogen (secondary N) is 2. The fourth-order valence-electron chi connectivity index (χ4n) is 3.87. The zero-order valence-corrected chi connectivity index (χ0v) is 17.5. The van der Waals surface area contributed by atoms with E-state index in [9.17, 15) is 14.0 Å². The van der Waals surface area contributed by atoms with Crippen LogP contribution >= 0.6 is 0 Å². The van der Waals surface area contributed by atoms with Crippen molar-refractivity contribution in [3.05, 3.63) is 81.0 Å². The van der Waals surface area contributed by atoms with Crippen molar-refractivity contribution in [1.82, 2.24) is 34.9 Å². The molecule has 0 atom stereocenters. The number of halogens is 1. The molecule has 4 aromatic rings. The highest BCUT2D eigenvalue weighted by atomic mass is 19.1. The first-order chi connectivity index (χ1) is 15.4. The second-order valence-corrected chi connectivity index (χ2v) is 7.76. The van der Waals surface area contributed by atoms with Gasteiger partial charge in [-0.05, 0) is 25.1 Å². The van der Waals surface area contributed by atoms with Crippen molar-refractivity contribution in [3.63, 3.8) is 0 Å². The third kappa shape index (κ3) is 3.44. The van der Waals surface area contributed by atoms with Crippen LogP contribution in [0.15, 0.2) is 41.5 Å². The first kappa shape index (κ1) is 20.0. The van der Waals surface area contributed by atoms with Crippen LogP contribution < -0.4 is 10.9 Å². The number of H-pyrrole nitrogens is 1. The van der Waals surface area contributed by atoms with Crippen LogP contribution in [-0.4, -0.2) is 42.6 Å². The molecule has 0 aliphatic carbocycles. The van der Waals surface area contributed by atoms with Crippen LogP contribution in [0.2, 0.25) is 0 Å². The average Bonchev–Trinajstić information content (AvgIpc) is 3.35. The van der Waals surface area contributed by atoms with Gasteiger partial charge < -0.3 is 10.3 Å². The zero-order valence-electron chi connectivity index (χ0n) is 17.5. The molecule has 0 saturated carbocycles. The first-order valence-electron chi connectivity index (χ1n) is 10.1. The smallest absolute Gasteiger partial charge is 0.269 e. The van der Waals surface area contributed by atoms with Crippen LogP contribution in [0.3, 0.4) is 0 Å². The van der Waals surface area contributed by atoms with Gasteiger partial charge in [-0.15, -0.1) is 0 Å². The maximum Gasteiger partial charge on any atom is 0.269 e. The highest BCUT2D eigenvalue weighted by Crippen LogP contribution is 2.26. The molecule has 9 nitrogen and oxygen atoms in total. The van der Waals surface area contributed by atoms with E-state index in [1.165, 1.54) is 0 Å². The summed E-state index contributed by atoms with van der Waals surface area (Å²) in [5.41, 5.74) is 4.03. The van der Waals surface area contributed by atoms with Crippen LogP contribution in [-0.2, 0) is 19.6 Å². The van der Waals surface area contributed by atoms with E-state index < -0.39 is 5.82 Å². The maximum atomic E-state index is 15.0. The summed E-state index contributed by atoms with van der Waals surface area (Å²) >= 11 is 0. The predicted molar refractivity (Wildman–Crippen MR) is 115 cm³/mol. The van der Waals surface area contributed by atoms with Crippen LogP contribution in [0, 0.1) is 12.7 Å². The van der Waals surface area contributed by atoms with E-state index in [-0.39, 0.29) is 17.0 Å². The largest absolute Gasteiger partial charge is 0.354 e. The summed E-state index contributed by atoms with van der Waals surface area (Å²) in [6, 6.07) is 6.87. The normalized spacial score (nSPS) is 13.5. The lowest BCUT2D eigenvalue weighted by Gasteiger charge is -2.16. The van der Waals surface area contributed by atoms with Gasteiger partial charge in [-0.3, -0.25) is 14.5 Å². The van der Waals surface area contributed by atoms with Crippen molar-refractivity contribution in [2.24, 2.45) is 0 Å². The van der Waals surface area contributed by atoms with Gasteiger partial charge in [0.15, 0.2) is 5.82 Å². The lowest BCUT2D eigenvalue weighted by Crippen LogP contribution is -2.19. The Labute approximate surface area is 181 Å². The van der Waals surface area contributed by atoms with Crippen LogP contribution in [0.5, 0.6) is 0 Å². The number of aromatic nitrogens is 5. The number of aromatic amines is 1. The number of carbonyl (C=O) groups is 1. The molecule has 3 aromatic heterocycles. The first-order valence-corrected chi connectivity index (χ1v) is 10.1. The topological polar surface area (TPSA) is 109 Å². The van der Waals surface area contributed by atoms with E-state index in [0.29, 0.717) is 42.1 Å². The van der Waals surface area contributed by atoms with Crippen molar-refractivity contribution < 1.29 is 9.18 Å². The minimum Gasteiger partial charge on any atom is -0.354 e.